The zero-order valence-electron chi connectivity index (χ0n) is 16.6. The summed E-state index contributed by atoms with van der Waals surface area (Å²) in [4.78, 5) is 11.5. The van der Waals surface area contributed by atoms with Crippen LogP contribution in [0.5, 0.6) is 0 Å². The lowest BCUT2D eigenvalue weighted by molar-refractivity contribution is -0.143. The number of hydrogen-bond donors (Lipinski definition) is 0. The molecule has 0 bridgehead atoms. The van der Waals surface area contributed by atoms with Gasteiger partial charge in [-0.2, -0.15) is 0 Å². The van der Waals surface area contributed by atoms with E-state index < -0.39 is 0 Å². The van der Waals surface area contributed by atoms with Crippen molar-refractivity contribution in [2.24, 2.45) is 21.7 Å². The molecule has 0 amide bonds. The van der Waals surface area contributed by atoms with Crippen LogP contribution in [0.2, 0.25) is 0 Å². The van der Waals surface area contributed by atoms with E-state index in [1.807, 2.05) is 0 Å². The van der Waals surface area contributed by atoms with Gasteiger partial charge in [-0.3, -0.25) is 0 Å². The van der Waals surface area contributed by atoms with E-state index in [0.717, 1.165) is 12.8 Å². The average molecular weight is 311 g/mol. The van der Waals surface area contributed by atoms with Gasteiger partial charge in [0.25, 0.3) is 0 Å². The summed E-state index contributed by atoms with van der Waals surface area (Å²) in [5.41, 5.74) is 1.06. The number of rotatable bonds is 5. The van der Waals surface area contributed by atoms with Crippen molar-refractivity contribution in [1.29, 1.82) is 0 Å². The average Bonchev–Trinajstić information content (AvgIpc) is 2.22. The lowest BCUT2D eigenvalue weighted by atomic mass is 9.43. The molecule has 2 heteroatoms. The van der Waals surface area contributed by atoms with Gasteiger partial charge in [0.2, 0.25) is 0 Å². The molecular weight excluding hydrogens is 272 g/mol. The first-order valence-corrected chi connectivity index (χ1v) is 8.40. The predicted molar refractivity (Wildman–Crippen MR) is 95.8 cm³/mol. The molecule has 2 nitrogen and oxygen atoms in total. The summed E-state index contributed by atoms with van der Waals surface area (Å²) in [7, 11) is 0. The van der Waals surface area contributed by atoms with Crippen molar-refractivity contribution in [2.75, 3.05) is 6.61 Å². The van der Waals surface area contributed by atoms with Crippen LogP contribution in [-0.4, -0.2) is 12.6 Å². The van der Waals surface area contributed by atoms with Gasteiger partial charge < -0.3 is 4.74 Å². The van der Waals surface area contributed by atoms with Crippen LogP contribution in [0, 0.1) is 21.7 Å². The Hall–Kier alpha value is -0.790. The first kappa shape index (κ1) is 21.2. The van der Waals surface area contributed by atoms with Gasteiger partial charge in [0.1, 0.15) is 0 Å². The summed E-state index contributed by atoms with van der Waals surface area (Å²) < 4.78 is 5.30. The van der Waals surface area contributed by atoms with Gasteiger partial charge >= 0.3 is 5.97 Å². The minimum absolute atomic E-state index is 0.128. The topological polar surface area (TPSA) is 26.3 Å². The Bertz CT molecular complexity index is 361. The fraction of sp³-hybridized carbons (Fsp3) is 0.850. The van der Waals surface area contributed by atoms with Crippen LogP contribution in [0.4, 0.5) is 0 Å². The molecule has 0 aromatic rings. The minimum atomic E-state index is -0.284. The molecule has 0 N–H and O–H groups in total. The molecule has 130 valence electrons. The molecular formula is C20H38O2. The van der Waals surface area contributed by atoms with Crippen molar-refractivity contribution in [3.05, 3.63) is 12.2 Å². The molecule has 0 aromatic heterocycles. The van der Waals surface area contributed by atoms with E-state index in [1.54, 1.807) is 6.92 Å². The summed E-state index contributed by atoms with van der Waals surface area (Å²) in [5, 5.41) is 0. The van der Waals surface area contributed by atoms with Crippen LogP contribution in [0.1, 0.15) is 82.1 Å². The standard InChI is InChI=1S/C20H38O2/c1-15(2)16(21)22-14-12-13-20(17(3,4)5,18(6,7)8)19(9,10)11/h1,12-14H2,2-11H3. The van der Waals surface area contributed by atoms with Gasteiger partial charge in [0.15, 0.2) is 0 Å². The summed E-state index contributed by atoms with van der Waals surface area (Å²) in [6.45, 7) is 26.8. The van der Waals surface area contributed by atoms with E-state index >= 15 is 0 Å². The number of ether oxygens (including phenoxy) is 1. The molecule has 0 unspecified atom stereocenters. The first-order valence-electron chi connectivity index (χ1n) is 8.40. The summed E-state index contributed by atoms with van der Waals surface area (Å²) in [5.74, 6) is -0.284. The highest BCUT2D eigenvalue weighted by atomic mass is 16.5. The summed E-state index contributed by atoms with van der Waals surface area (Å²) >= 11 is 0. The summed E-state index contributed by atoms with van der Waals surface area (Å²) in [6, 6.07) is 0. The quantitative estimate of drug-likeness (QED) is 0.353. The third-order valence-corrected chi connectivity index (χ3v) is 5.12. The van der Waals surface area contributed by atoms with Gasteiger partial charge in [-0.1, -0.05) is 68.9 Å². The van der Waals surface area contributed by atoms with E-state index in [2.05, 4.69) is 68.9 Å². The molecule has 0 aliphatic heterocycles. The predicted octanol–water partition coefficient (Wildman–Crippen LogP) is 6.01. The Kier molecular flexibility index (Phi) is 6.52. The van der Waals surface area contributed by atoms with Gasteiger partial charge in [-0.05, 0) is 41.4 Å². The molecule has 0 saturated carbocycles. The molecule has 0 aliphatic rings. The highest BCUT2D eigenvalue weighted by Crippen LogP contribution is 2.63. The van der Waals surface area contributed by atoms with Crippen molar-refractivity contribution in [1.82, 2.24) is 0 Å². The van der Waals surface area contributed by atoms with Crippen LogP contribution < -0.4 is 0 Å². The van der Waals surface area contributed by atoms with E-state index in [0.29, 0.717) is 12.2 Å². The lowest BCUT2D eigenvalue weighted by Crippen LogP contribution is -2.54. The Morgan fingerprint density at radius 2 is 1.23 bits per heavy atom. The van der Waals surface area contributed by atoms with Gasteiger partial charge in [0.05, 0.1) is 6.61 Å². The largest absolute Gasteiger partial charge is 0.462 e. The van der Waals surface area contributed by atoms with Gasteiger partial charge in [-0.25, -0.2) is 4.79 Å². The first-order chi connectivity index (χ1) is 9.58. The Labute approximate surface area is 138 Å². The zero-order valence-corrected chi connectivity index (χ0v) is 16.6. The molecule has 0 aromatic carbocycles. The molecule has 0 atom stereocenters. The third-order valence-electron chi connectivity index (χ3n) is 5.12. The molecule has 22 heavy (non-hydrogen) atoms. The highest BCUT2D eigenvalue weighted by Gasteiger charge is 2.56. The van der Waals surface area contributed by atoms with E-state index in [1.165, 1.54) is 0 Å². The molecule has 0 fully saturated rings. The number of esters is 1. The Morgan fingerprint density at radius 3 is 1.50 bits per heavy atom. The van der Waals surface area contributed by atoms with Crippen LogP contribution in [0.3, 0.4) is 0 Å². The van der Waals surface area contributed by atoms with Crippen LogP contribution >= 0.6 is 0 Å². The maximum Gasteiger partial charge on any atom is 0.333 e. The number of carbonyl (C=O) groups is 1. The number of hydrogen-bond acceptors (Lipinski definition) is 2. The fourth-order valence-electron chi connectivity index (χ4n) is 5.13. The SMILES string of the molecule is C=C(C)C(=O)OCCCC(C(C)(C)C)(C(C)(C)C)C(C)(C)C. The van der Waals surface area contributed by atoms with E-state index in [-0.39, 0.29) is 27.6 Å². The van der Waals surface area contributed by atoms with Crippen molar-refractivity contribution in [3.8, 4) is 0 Å². The van der Waals surface area contributed by atoms with Crippen LogP contribution in [-0.2, 0) is 9.53 Å². The fourth-order valence-corrected chi connectivity index (χ4v) is 5.13. The molecule has 0 saturated heterocycles. The maximum absolute atomic E-state index is 11.5. The van der Waals surface area contributed by atoms with Crippen molar-refractivity contribution in [2.45, 2.75) is 82.1 Å². The minimum Gasteiger partial charge on any atom is -0.462 e. The lowest BCUT2D eigenvalue weighted by Gasteiger charge is -2.61. The monoisotopic (exact) mass is 310 g/mol. The highest BCUT2D eigenvalue weighted by molar-refractivity contribution is 5.86. The Morgan fingerprint density at radius 1 is 0.864 bits per heavy atom. The van der Waals surface area contributed by atoms with Gasteiger partial charge in [0, 0.05) is 5.57 Å². The van der Waals surface area contributed by atoms with Crippen molar-refractivity contribution in [3.63, 3.8) is 0 Å². The van der Waals surface area contributed by atoms with Crippen LogP contribution in [0.15, 0.2) is 12.2 Å². The smallest absolute Gasteiger partial charge is 0.333 e. The van der Waals surface area contributed by atoms with E-state index in [9.17, 15) is 4.79 Å². The second kappa shape index (κ2) is 6.76. The summed E-state index contributed by atoms with van der Waals surface area (Å²) in [6.07, 6.45) is 1.91. The maximum atomic E-state index is 11.5. The van der Waals surface area contributed by atoms with Crippen molar-refractivity contribution >= 4 is 5.97 Å². The molecule has 0 heterocycles. The molecule has 0 spiro atoms. The molecule has 0 aliphatic carbocycles. The van der Waals surface area contributed by atoms with Gasteiger partial charge in [-0.15, -0.1) is 0 Å². The second-order valence-corrected chi connectivity index (χ2v) is 9.68. The zero-order chi connectivity index (χ0) is 18.0. The van der Waals surface area contributed by atoms with E-state index in [4.69, 9.17) is 4.74 Å². The second-order valence-electron chi connectivity index (χ2n) is 9.68. The molecule has 0 radical (unpaired) electrons. The number of carbonyl (C=O) groups excluding carboxylic acids is 1. The van der Waals surface area contributed by atoms with Crippen molar-refractivity contribution < 1.29 is 9.53 Å². The third kappa shape index (κ3) is 4.36. The molecule has 0 rings (SSSR count). The Balaban J connectivity index is 5.30. The normalized spacial score (nSPS) is 13.9. The van der Waals surface area contributed by atoms with Crippen LogP contribution in [0.25, 0.3) is 0 Å².